The van der Waals surface area contributed by atoms with Crippen molar-refractivity contribution < 1.29 is 28.8 Å². The minimum atomic E-state index is -1.28. The second kappa shape index (κ2) is 10.4. The fourth-order valence-corrected chi connectivity index (χ4v) is 3.25. The van der Waals surface area contributed by atoms with Gasteiger partial charge < -0.3 is 29.4 Å². The molecule has 0 heterocycles. The molecule has 0 radical (unpaired) electrons. The molecular weight excluding hydrogens is 374 g/mol. The zero-order valence-electron chi connectivity index (χ0n) is 18.1. The zero-order chi connectivity index (χ0) is 21.5. The Balaban J connectivity index is 1.80. The molecule has 1 aromatic rings. The van der Waals surface area contributed by atoms with Crippen LogP contribution in [0, 0.1) is 0 Å². The van der Waals surface area contributed by atoms with Crippen molar-refractivity contribution in [2.45, 2.75) is 83.7 Å². The van der Waals surface area contributed by atoms with Crippen LogP contribution in [0.1, 0.15) is 53.0 Å². The lowest BCUT2D eigenvalue weighted by Crippen LogP contribution is -2.38. The Morgan fingerprint density at radius 2 is 1.72 bits per heavy atom. The summed E-state index contributed by atoms with van der Waals surface area (Å²) in [5, 5.41) is 12.9. The van der Waals surface area contributed by atoms with Gasteiger partial charge in [-0.05, 0) is 53.0 Å². The first kappa shape index (κ1) is 23.6. The highest BCUT2D eigenvalue weighted by Gasteiger charge is 2.39. The number of carbonyl (C=O) groups excluding carboxylic acids is 1. The van der Waals surface area contributed by atoms with Crippen LogP contribution in [-0.2, 0) is 25.6 Å². The van der Waals surface area contributed by atoms with Gasteiger partial charge in [-0.3, -0.25) is 0 Å². The van der Waals surface area contributed by atoms with Crippen molar-refractivity contribution >= 4 is 6.09 Å². The summed E-state index contributed by atoms with van der Waals surface area (Å²) in [6.07, 6.45) is 0.0827. The highest BCUT2D eigenvalue weighted by atomic mass is 16.6. The summed E-state index contributed by atoms with van der Waals surface area (Å²) in [6.45, 7) is 10.0. The molecule has 7 nitrogen and oxygen atoms in total. The van der Waals surface area contributed by atoms with Gasteiger partial charge in [0.05, 0.1) is 32.0 Å². The Labute approximate surface area is 173 Å². The molecule has 3 unspecified atom stereocenters. The van der Waals surface area contributed by atoms with Gasteiger partial charge >= 0.3 is 6.09 Å². The molecular formula is C22H35NO6. The first-order chi connectivity index (χ1) is 13.5. The third kappa shape index (κ3) is 9.58. The number of amides is 1. The largest absolute Gasteiger partial charge is 0.444 e. The van der Waals surface area contributed by atoms with E-state index >= 15 is 0 Å². The number of carbonyl (C=O) groups is 1. The van der Waals surface area contributed by atoms with Crippen molar-refractivity contribution in [1.82, 2.24) is 5.32 Å². The number of hydrogen-bond donors (Lipinski definition) is 2. The van der Waals surface area contributed by atoms with E-state index in [0.717, 1.165) is 5.56 Å². The maximum atomic E-state index is 12.1. The van der Waals surface area contributed by atoms with Crippen LogP contribution in [0.15, 0.2) is 30.3 Å². The van der Waals surface area contributed by atoms with E-state index < -0.39 is 17.5 Å². The molecule has 1 saturated carbocycles. The molecule has 0 aliphatic heterocycles. The SMILES string of the molecule is CC(C)(C)OC(=O)NC1CC(OCCOCc2ccccc2)C(OC(C)(C)O)C1. The molecule has 29 heavy (non-hydrogen) atoms. The van der Waals surface area contributed by atoms with E-state index in [0.29, 0.717) is 32.7 Å². The first-order valence-corrected chi connectivity index (χ1v) is 10.1. The molecule has 164 valence electrons. The Kier molecular flexibility index (Phi) is 8.46. The van der Waals surface area contributed by atoms with Gasteiger partial charge in [-0.2, -0.15) is 0 Å². The van der Waals surface area contributed by atoms with Crippen LogP contribution in [0.25, 0.3) is 0 Å². The lowest BCUT2D eigenvalue weighted by Gasteiger charge is -2.27. The second-order valence-corrected chi connectivity index (χ2v) is 8.87. The summed E-state index contributed by atoms with van der Waals surface area (Å²) in [6, 6.07) is 9.80. The Morgan fingerprint density at radius 3 is 2.34 bits per heavy atom. The predicted molar refractivity (Wildman–Crippen MR) is 109 cm³/mol. The molecule has 0 saturated heterocycles. The van der Waals surface area contributed by atoms with Crippen molar-refractivity contribution in [2.24, 2.45) is 0 Å². The summed E-state index contributed by atoms with van der Waals surface area (Å²) in [7, 11) is 0. The number of hydrogen-bond acceptors (Lipinski definition) is 6. The quantitative estimate of drug-likeness (QED) is 0.480. The van der Waals surface area contributed by atoms with Gasteiger partial charge in [0.15, 0.2) is 5.79 Å². The second-order valence-electron chi connectivity index (χ2n) is 8.87. The van der Waals surface area contributed by atoms with Gasteiger partial charge in [-0.15, -0.1) is 0 Å². The normalized spacial score (nSPS) is 22.5. The van der Waals surface area contributed by atoms with Crippen LogP contribution in [0.5, 0.6) is 0 Å². The number of alkyl carbamates (subject to hydrolysis) is 1. The van der Waals surface area contributed by atoms with E-state index in [4.69, 9.17) is 18.9 Å². The molecule has 0 aromatic heterocycles. The van der Waals surface area contributed by atoms with Crippen molar-refractivity contribution in [1.29, 1.82) is 0 Å². The molecule has 1 aliphatic rings. The summed E-state index contributed by atoms with van der Waals surface area (Å²) >= 11 is 0. The molecule has 0 bridgehead atoms. The van der Waals surface area contributed by atoms with E-state index in [1.165, 1.54) is 0 Å². The monoisotopic (exact) mass is 409 g/mol. The Hall–Kier alpha value is -1.67. The van der Waals surface area contributed by atoms with E-state index in [2.05, 4.69) is 5.32 Å². The lowest BCUT2D eigenvalue weighted by molar-refractivity contribution is -0.225. The predicted octanol–water partition coefficient (Wildman–Crippen LogP) is 3.39. The minimum Gasteiger partial charge on any atom is -0.444 e. The molecule has 3 atom stereocenters. The number of benzene rings is 1. The van der Waals surface area contributed by atoms with Crippen molar-refractivity contribution in [3.8, 4) is 0 Å². The molecule has 1 aromatic carbocycles. The van der Waals surface area contributed by atoms with Crippen LogP contribution in [-0.4, -0.2) is 54.1 Å². The van der Waals surface area contributed by atoms with Crippen LogP contribution in [0.4, 0.5) is 4.79 Å². The van der Waals surface area contributed by atoms with Crippen LogP contribution in [0.2, 0.25) is 0 Å². The number of ether oxygens (including phenoxy) is 4. The molecule has 2 N–H and O–H groups in total. The maximum absolute atomic E-state index is 12.1. The molecule has 1 aliphatic carbocycles. The van der Waals surface area contributed by atoms with E-state index in [1.807, 2.05) is 51.1 Å². The fourth-order valence-electron chi connectivity index (χ4n) is 3.25. The molecule has 1 fully saturated rings. The summed E-state index contributed by atoms with van der Waals surface area (Å²) < 4.78 is 22.7. The summed E-state index contributed by atoms with van der Waals surface area (Å²) in [5.41, 5.74) is 0.552. The third-order valence-electron chi connectivity index (χ3n) is 4.28. The van der Waals surface area contributed by atoms with Crippen molar-refractivity contribution in [2.75, 3.05) is 13.2 Å². The third-order valence-corrected chi connectivity index (χ3v) is 4.28. The maximum Gasteiger partial charge on any atom is 0.407 e. The van der Waals surface area contributed by atoms with E-state index in [9.17, 15) is 9.90 Å². The number of nitrogens with one attached hydrogen (secondary N) is 1. The van der Waals surface area contributed by atoms with Gasteiger partial charge in [-0.1, -0.05) is 30.3 Å². The highest BCUT2D eigenvalue weighted by molar-refractivity contribution is 5.68. The lowest BCUT2D eigenvalue weighted by atomic mass is 10.2. The van der Waals surface area contributed by atoms with E-state index in [-0.39, 0.29) is 18.2 Å². The fraction of sp³-hybridized carbons (Fsp3) is 0.682. The van der Waals surface area contributed by atoms with Crippen LogP contribution >= 0.6 is 0 Å². The standard InChI is InChI=1S/C22H35NO6/c1-21(2,3)29-20(24)23-17-13-18(19(14-17)28-22(4,5)25)27-12-11-26-15-16-9-7-6-8-10-16/h6-10,17-19,25H,11-15H2,1-5H3,(H,23,24). The Bertz CT molecular complexity index is 622. The molecule has 1 amide bonds. The van der Waals surface area contributed by atoms with E-state index in [1.54, 1.807) is 13.8 Å². The van der Waals surface area contributed by atoms with Crippen LogP contribution < -0.4 is 5.32 Å². The zero-order valence-corrected chi connectivity index (χ0v) is 18.1. The highest BCUT2D eigenvalue weighted by Crippen LogP contribution is 2.29. The minimum absolute atomic E-state index is 0.146. The topological polar surface area (TPSA) is 86.3 Å². The van der Waals surface area contributed by atoms with Crippen molar-refractivity contribution in [3.63, 3.8) is 0 Å². The van der Waals surface area contributed by atoms with Gasteiger partial charge in [0.25, 0.3) is 0 Å². The number of rotatable bonds is 9. The van der Waals surface area contributed by atoms with Gasteiger partial charge in [-0.25, -0.2) is 4.79 Å². The van der Waals surface area contributed by atoms with Crippen molar-refractivity contribution in [3.05, 3.63) is 35.9 Å². The summed E-state index contributed by atoms with van der Waals surface area (Å²) in [5.74, 6) is -1.28. The van der Waals surface area contributed by atoms with Gasteiger partial charge in [0.2, 0.25) is 0 Å². The smallest absolute Gasteiger partial charge is 0.407 e. The summed E-state index contributed by atoms with van der Waals surface area (Å²) in [4.78, 5) is 12.1. The molecule has 0 spiro atoms. The average Bonchev–Trinajstić information content (AvgIpc) is 2.93. The molecule has 2 rings (SSSR count). The van der Waals surface area contributed by atoms with Crippen LogP contribution in [0.3, 0.4) is 0 Å². The molecule has 7 heteroatoms. The number of aliphatic hydroxyl groups is 1. The Morgan fingerprint density at radius 1 is 1.07 bits per heavy atom. The van der Waals surface area contributed by atoms with Gasteiger partial charge in [0, 0.05) is 6.04 Å². The van der Waals surface area contributed by atoms with Gasteiger partial charge in [0.1, 0.15) is 5.60 Å². The first-order valence-electron chi connectivity index (χ1n) is 10.1. The average molecular weight is 410 g/mol.